The van der Waals surface area contributed by atoms with Crippen LogP contribution in [0.2, 0.25) is 0 Å². The summed E-state index contributed by atoms with van der Waals surface area (Å²) < 4.78 is 17.2. The lowest BCUT2D eigenvalue weighted by molar-refractivity contribution is 0.168. The summed E-state index contributed by atoms with van der Waals surface area (Å²) in [4.78, 5) is 21.3. The number of carbonyl (C=O) groups is 1. The van der Waals surface area contributed by atoms with Crippen molar-refractivity contribution >= 4 is 17.1 Å². The lowest BCUT2D eigenvalue weighted by Crippen LogP contribution is -2.14. The van der Waals surface area contributed by atoms with Crippen molar-refractivity contribution < 1.29 is 19.0 Å². The molecule has 1 aromatic carbocycles. The molecule has 2 unspecified atom stereocenters. The molecule has 0 bridgehead atoms. The van der Waals surface area contributed by atoms with Gasteiger partial charge in [-0.2, -0.15) is 0 Å². The number of ether oxygens (including phenoxy) is 3. The molecule has 2 heterocycles. The summed E-state index contributed by atoms with van der Waals surface area (Å²) in [5, 5.41) is -0.317. The molecular weight excluding hydrogens is 484 g/mol. The molecule has 0 aliphatic carbocycles. The van der Waals surface area contributed by atoms with E-state index in [0.717, 1.165) is 48.0 Å². The maximum Gasteiger partial charge on any atom is 0.368 e. The third-order valence-corrected chi connectivity index (χ3v) is 6.64. The molecule has 0 aliphatic rings. The zero-order valence-corrected chi connectivity index (χ0v) is 23.1. The van der Waals surface area contributed by atoms with Crippen molar-refractivity contribution in [2.24, 2.45) is 5.92 Å². The third kappa shape index (κ3) is 10.8. The fourth-order valence-corrected chi connectivity index (χ4v) is 4.15. The van der Waals surface area contributed by atoms with E-state index in [1.165, 1.54) is 0 Å². The first-order valence-electron chi connectivity index (χ1n) is 12.9. The van der Waals surface area contributed by atoms with Gasteiger partial charge in [0.05, 0.1) is 18.4 Å². The molecule has 0 saturated heterocycles. The number of benzene rings is 1. The van der Waals surface area contributed by atoms with Crippen LogP contribution in [-0.2, 0) is 17.1 Å². The van der Waals surface area contributed by atoms with Gasteiger partial charge in [0, 0.05) is 23.6 Å². The summed E-state index contributed by atoms with van der Waals surface area (Å²) in [5.74, 6) is 2.58. The average molecular weight is 523 g/mol. The molecule has 0 radical (unpaired) electrons. The van der Waals surface area contributed by atoms with Crippen molar-refractivity contribution in [3.05, 3.63) is 83.7 Å². The van der Waals surface area contributed by atoms with Gasteiger partial charge in [0.1, 0.15) is 6.61 Å². The molecule has 0 spiro atoms. The number of pyridine rings is 2. The maximum absolute atomic E-state index is 12.1. The van der Waals surface area contributed by atoms with Crippen LogP contribution in [0.4, 0.5) is 4.79 Å². The van der Waals surface area contributed by atoms with Crippen LogP contribution in [0.15, 0.2) is 66.7 Å². The highest BCUT2D eigenvalue weighted by Gasteiger charge is 2.13. The Hall–Kier alpha value is -3.06. The van der Waals surface area contributed by atoms with Crippen LogP contribution in [0, 0.1) is 5.92 Å². The topological polar surface area (TPSA) is 70.5 Å². The van der Waals surface area contributed by atoms with Crippen molar-refractivity contribution in [3.8, 4) is 11.8 Å². The van der Waals surface area contributed by atoms with Crippen molar-refractivity contribution in [1.29, 1.82) is 0 Å². The van der Waals surface area contributed by atoms with Gasteiger partial charge in [0.15, 0.2) is 0 Å². The second-order valence-corrected chi connectivity index (χ2v) is 10.5. The van der Waals surface area contributed by atoms with Crippen LogP contribution >= 0.6 is 11.8 Å². The van der Waals surface area contributed by atoms with E-state index < -0.39 is 0 Å². The fourth-order valence-electron chi connectivity index (χ4n) is 3.58. The number of hydrogen-bond acceptors (Lipinski definition) is 7. The van der Waals surface area contributed by atoms with Gasteiger partial charge in [0.25, 0.3) is 0 Å². The Morgan fingerprint density at radius 1 is 0.838 bits per heavy atom. The number of thioether (sulfide) groups is 1. The minimum atomic E-state index is -0.317. The zero-order chi connectivity index (χ0) is 26.5. The van der Waals surface area contributed by atoms with Gasteiger partial charge in [-0.25, -0.2) is 14.8 Å². The van der Waals surface area contributed by atoms with Crippen molar-refractivity contribution in [2.75, 3.05) is 6.61 Å². The first-order valence-corrected chi connectivity index (χ1v) is 13.9. The number of aromatic nitrogens is 2. The van der Waals surface area contributed by atoms with Crippen molar-refractivity contribution in [3.63, 3.8) is 0 Å². The van der Waals surface area contributed by atoms with Gasteiger partial charge >= 0.3 is 5.30 Å². The van der Waals surface area contributed by atoms with E-state index in [1.54, 1.807) is 0 Å². The lowest BCUT2D eigenvalue weighted by Gasteiger charge is -2.17. The Morgan fingerprint density at radius 2 is 1.59 bits per heavy atom. The molecule has 0 fully saturated rings. The van der Waals surface area contributed by atoms with Gasteiger partial charge in [0.2, 0.25) is 11.8 Å². The SMILES string of the molecule is CC(C)CCOc1cccc(C(C)CCC(C)Oc2cccc(CSC(=O)OCc3ccccc3)n2)n1. The highest BCUT2D eigenvalue weighted by Crippen LogP contribution is 2.24. The highest BCUT2D eigenvalue weighted by molar-refractivity contribution is 8.12. The van der Waals surface area contributed by atoms with E-state index in [9.17, 15) is 4.79 Å². The predicted octanol–water partition coefficient (Wildman–Crippen LogP) is 7.82. The zero-order valence-electron chi connectivity index (χ0n) is 22.3. The lowest BCUT2D eigenvalue weighted by atomic mass is 9.99. The normalized spacial score (nSPS) is 12.7. The van der Waals surface area contributed by atoms with Gasteiger partial charge in [-0.1, -0.05) is 63.2 Å². The van der Waals surface area contributed by atoms with Crippen LogP contribution in [0.3, 0.4) is 0 Å². The van der Waals surface area contributed by atoms with Crippen molar-refractivity contribution in [1.82, 2.24) is 9.97 Å². The summed E-state index contributed by atoms with van der Waals surface area (Å²) in [7, 11) is 0. The van der Waals surface area contributed by atoms with Gasteiger partial charge < -0.3 is 14.2 Å². The Bertz CT molecular complexity index is 1090. The van der Waals surface area contributed by atoms with E-state index in [0.29, 0.717) is 30.0 Å². The molecule has 0 N–H and O–H groups in total. The molecule has 37 heavy (non-hydrogen) atoms. The molecule has 6 nitrogen and oxygen atoms in total. The van der Waals surface area contributed by atoms with Crippen LogP contribution in [-0.4, -0.2) is 28.0 Å². The number of carbonyl (C=O) groups excluding carboxylic acids is 1. The summed E-state index contributed by atoms with van der Waals surface area (Å²) in [6, 6.07) is 21.3. The Morgan fingerprint density at radius 3 is 2.38 bits per heavy atom. The van der Waals surface area contributed by atoms with Crippen LogP contribution in [0.5, 0.6) is 11.8 Å². The Labute approximate surface area is 225 Å². The van der Waals surface area contributed by atoms with E-state index in [2.05, 4.69) is 38.7 Å². The average Bonchev–Trinajstić information content (AvgIpc) is 2.90. The van der Waals surface area contributed by atoms with Gasteiger partial charge in [-0.3, -0.25) is 0 Å². The van der Waals surface area contributed by atoms with E-state index in [1.807, 2.05) is 60.7 Å². The molecule has 3 aromatic rings. The summed E-state index contributed by atoms with van der Waals surface area (Å²) >= 11 is 1.10. The number of nitrogens with zero attached hydrogens (tertiary/aromatic N) is 2. The summed E-state index contributed by atoms with van der Waals surface area (Å²) in [6.45, 7) is 9.56. The second kappa shape index (κ2) is 15.3. The standard InChI is InChI=1S/C30H38N2O4S/c1-22(2)18-19-34-28-14-9-13-27(32-28)23(3)16-17-24(4)36-29-15-8-12-26(31-29)21-37-30(33)35-20-25-10-6-5-7-11-25/h5-15,22-24H,16-21H2,1-4H3. The van der Waals surface area contributed by atoms with E-state index in [-0.39, 0.29) is 23.9 Å². The first-order chi connectivity index (χ1) is 17.9. The molecule has 3 rings (SSSR count). The molecule has 2 aromatic heterocycles. The molecular formula is C30H38N2O4S. The molecule has 198 valence electrons. The van der Waals surface area contributed by atoms with Gasteiger partial charge in [-0.05, 0) is 67.5 Å². The Balaban J connectivity index is 1.41. The molecule has 0 saturated carbocycles. The van der Waals surface area contributed by atoms with Crippen LogP contribution in [0.25, 0.3) is 0 Å². The number of rotatable bonds is 14. The van der Waals surface area contributed by atoms with E-state index in [4.69, 9.17) is 19.2 Å². The smallest absolute Gasteiger partial charge is 0.368 e. The van der Waals surface area contributed by atoms with Crippen LogP contribution < -0.4 is 9.47 Å². The molecule has 2 atom stereocenters. The minimum Gasteiger partial charge on any atom is -0.478 e. The maximum atomic E-state index is 12.1. The predicted molar refractivity (Wildman–Crippen MR) is 149 cm³/mol. The molecule has 0 amide bonds. The van der Waals surface area contributed by atoms with Gasteiger partial charge in [-0.15, -0.1) is 0 Å². The number of hydrogen-bond donors (Lipinski definition) is 0. The van der Waals surface area contributed by atoms with Crippen LogP contribution in [0.1, 0.15) is 69.8 Å². The van der Waals surface area contributed by atoms with Crippen molar-refractivity contribution in [2.45, 2.75) is 71.3 Å². The third-order valence-electron chi connectivity index (χ3n) is 5.84. The molecule has 0 aliphatic heterocycles. The quantitative estimate of drug-likeness (QED) is 0.200. The largest absolute Gasteiger partial charge is 0.478 e. The molecule has 7 heteroatoms. The summed E-state index contributed by atoms with van der Waals surface area (Å²) in [6.07, 6.45) is 2.82. The Kier molecular flexibility index (Phi) is 11.8. The highest BCUT2D eigenvalue weighted by atomic mass is 32.2. The minimum absolute atomic E-state index is 0.000773. The fraction of sp³-hybridized carbons (Fsp3) is 0.433. The summed E-state index contributed by atoms with van der Waals surface area (Å²) in [5.41, 5.74) is 2.77. The van der Waals surface area contributed by atoms with E-state index >= 15 is 0 Å². The second-order valence-electron chi connectivity index (χ2n) is 9.62. The first kappa shape index (κ1) is 28.5. The monoisotopic (exact) mass is 522 g/mol.